The van der Waals surface area contributed by atoms with Gasteiger partial charge in [0.15, 0.2) is 6.61 Å². The van der Waals surface area contributed by atoms with Crippen LogP contribution < -0.4 is 15.2 Å². The topological polar surface area (TPSA) is 44.5 Å². The summed E-state index contributed by atoms with van der Waals surface area (Å²) in [7, 11) is 0. The molecule has 0 saturated carbocycles. The van der Waals surface area contributed by atoms with E-state index in [4.69, 9.17) is 10.5 Å². The van der Waals surface area contributed by atoms with Gasteiger partial charge in [0.1, 0.15) is 11.5 Å². The summed E-state index contributed by atoms with van der Waals surface area (Å²) in [6, 6.07) is 4.06. The minimum absolute atomic E-state index is 0.0454. The van der Waals surface area contributed by atoms with Crippen molar-refractivity contribution >= 4 is 5.69 Å². The van der Waals surface area contributed by atoms with Gasteiger partial charge in [0.2, 0.25) is 0 Å². The van der Waals surface area contributed by atoms with Gasteiger partial charge in [-0.25, -0.2) is 8.78 Å². The highest BCUT2D eigenvalue weighted by Crippen LogP contribution is 2.28. The fraction of sp³-hybridized carbons (Fsp3) is 0.500. The summed E-state index contributed by atoms with van der Waals surface area (Å²) < 4.78 is 59.3. The van der Waals surface area contributed by atoms with Crippen LogP contribution in [0.1, 0.15) is 13.8 Å². The first-order valence-corrected chi connectivity index (χ1v) is 5.56. The molecule has 0 radical (unpaired) electrons. The zero-order valence-electron chi connectivity index (χ0n) is 10.5. The number of ether oxygens (including phenoxy) is 2. The average molecular weight is 281 g/mol. The Labute approximate surface area is 108 Å². The van der Waals surface area contributed by atoms with E-state index < -0.39 is 19.0 Å². The first-order valence-electron chi connectivity index (χ1n) is 5.56. The van der Waals surface area contributed by atoms with Crippen molar-refractivity contribution in [1.29, 1.82) is 0 Å². The van der Waals surface area contributed by atoms with Gasteiger partial charge >= 0.3 is 12.3 Å². The molecule has 0 bridgehead atoms. The van der Waals surface area contributed by atoms with Gasteiger partial charge in [-0.1, -0.05) is 0 Å². The SMILES string of the molecule is CC(C)Oc1cc(N)cc(OCC(F)(F)C(F)F)c1. The molecule has 7 heteroatoms. The molecule has 0 amide bonds. The molecule has 0 fully saturated rings. The zero-order chi connectivity index (χ0) is 14.6. The van der Waals surface area contributed by atoms with Crippen molar-refractivity contribution < 1.29 is 27.0 Å². The summed E-state index contributed by atoms with van der Waals surface area (Å²) in [4.78, 5) is 0. The van der Waals surface area contributed by atoms with Crippen molar-refractivity contribution in [3.05, 3.63) is 18.2 Å². The van der Waals surface area contributed by atoms with Gasteiger partial charge in [-0.15, -0.1) is 0 Å². The molecule has 1 aromatic carbocycles. The van der Waals surface area contributed by atoms with E-state index in [1.54, 1.807) is 13.8 Å². The minimum Gasteiger partial charge on any atom is -0.491 e. The van der Waals surface area contributed by atoms with Crippen LogP contribution in [-0.2, 0) is 0 Å². The maximum absolute atomic E-state index is 12.7. The Bertz CT molecular complexity index is 424. The molecule has 1 aromatic rings. The van der Waals surface area contributed by atoms with E-state index in [1.807, 2.05) is 0 Å². The van der Waals surface area contributed by atoms with Gasteiger partial charge in [-0.3, -0.25) is 0 Å². The van der Waals surface area contributed by atoms with Crippen molar-refractivity contribution in [2.45, 2.75) is 32.3 Å². The zero-order valence-corrected chi connectivity index (χ0v) is 10.5. The first-order chi connectivity index (χ1) is 8.70. The van der Waals surface area contributed by atoms with E-state index in [-0.39, 0.29) is 17.5 Å². The summed E-state index contributed by atoms with van der Waals surface area (Å²) in [5, 5.41) is 0. The second-order valence-corrected chi connectivity index (χ2v) is 4.25. The lowest BCUT2D eigenvalue weighted by molar-refractivity contribution is -0.148. The second-order valence-electron chi connectivity index (χ2n) is 4.25. The number of hydrogen-bond donors (Lipinski definition) is 1. The lowest BCUT2D eigenvalue weighted by atomic mass is 10.2. The Morgan fingerprint density at radius 1 is 1.16 bits per heavy atom. The Morgan fingerprint density at radius 3 is 2.26 bits per heavy atom. The fourth-order valence-electron chi connectivity index (χ4n) is 1.26. The monoisotopic (exact) mass is 281 g/mol. The Morgan fingerprint density at radius 2 is 1.74 bits per heavy atom. The third-order valence-corrected chi connectivity index (χ3v) is 2.02. The van der Waals surface area contributed by atoms with Crippen molar-refractivity contribution in [2.75, 3.05) is 12.3 Å². The molecule has 0 aliphatic heterocycles. The summed E-state index contributed by atoms with van der Waals surface area (Å²) in [6.45, 7) is 2.12. The van der Waals surface area contributed by atoms with Gasteiger partial charge in [0, 0.05) is 23.9 Å². The minimum atomic E-state index is -4.20. The lowest BCUT2D eigenvalue weighted by Gasteiger charge is -2.17. The fourth-order valence-corrected chi connectivity index (χ4v) is 1.26. The van der Waals surface area contributed by atoms with Gasteiger partial charge in [0.25, 0.3) is 0 Å². The Balaban J connectivity index is 2.76. The summed E-state index contributed by atoms with van der Waals surface area (Å²) in [5.41, 5.74) is 5.77. The molecule has 0 atom stereocenters. The maximum Gasteiger partial charge on any atom is 0.340 e. The Hall–Kier alpha value is -1.66. The largest absolute Gasteiger partial charge is 0.491 e. The van der Waals surface area contributed by atoms with Gasteiger partial charge in [-0.2, -0.15) is 8.78 Å². The molecule has 0 unspecified atom stereocenters. The van der Waals surface area contributed by atoms with Crippen LogP contribution in [0.25, 0.3) is 0 Å². The second kappa shape index (κ2) is 5.99. The molecule has 1 rings (SSSR count). The normalized spacial score (nSPS) is 12.0. The van der Waals surface area contributed by atoms with Crippen molar-refractivity contribution in [1.82, 2.24) is 0 Å². The maximum atomic E-state index is 12.7. The number of rotatable bonds is 6. The van der Waals surface area contributed by atoms with Crippen molar-refractivity contribution in [3.63, 3.8) is 0 Å². The molecular weight excluding hydrogens is 266 g/mol. The predicted molar refractivity (Wildman–Crippen MR) is 63.1 cm³/mol. The molecule has 3 nitrogen and oxygen atoms in total. The van der Waals surface area contributed by atoms with Crippen LogP contribution in [0.15, 0.2) is 18.2 Å². The van der Waals surface area contributed by atoms with Gasteiger partial charge in [-0.05, 0) is 13.8 Å². The summed E-state index contributed by atoms with van der Waals surface area (Å²) in [6.07, 6.45) is -3.92. The molecule has 19 heavy (non-hydrogen) atoms. The molecular formula is C12H15F4NO2. The molecule has 0 aliphatic rings. The highest BCUT2D eigenvalue weighted by molar-refractivity contribution is 5.50. The number of hydrogen-bond acceptors (Lipinski definition) is 3. The number of anilines is 1. The summed E-state index contributed by atoms with van der Waals surface area (Å²) >= 11 is 0. The van der Waals surface area contributed by atoms with E-state index in [0.717, 1.165) is 0 Å². The molecule has 0 saturated heterocycles. The number of nitrogen functional groups attached to an aromatic ring is 1. The van der Waals surface area contributed by atoms with Gasteiger partial charge in [0.05, 0.1) is 6.10 Å². The van der Waals surface area contributed by atoms with Crippen LogP contribution in [0, 0.1) is 0 Å². The Kier molecular flexibility index (Phi) is 4.85. The van der Waals surface area contributed by atoms with Crippen molar-refractivity contribution in [2.24, 2.45) is 0 Å². The van der Waals surface area contributed by atoms with Crippen LogP contribution in [0.3, 0.4) is 0 Å². The van der Waals surface area contributed by atoms with E-state index in [2.05, 4.69) is 4.74 Å². The smallest absolute Gasteiger partial charge is 0.340 e. The van der Waals surface area contributed by atoms with E-state index in [9.17, 15) is 17.6 Å². The lowest BCUT2D eigenvalue weighted by Crippen LogP contribution is -2.33. The summed E-state index contributed by atoms with van der Waals surface area (Å²) in [5.74, 6) is -3.93. The third kappa shape index (κ3) is 4.84. The van der Waals surface area contributed by atoms with Crippen LogP contribution in [0.5, 0.6) is 11.5 Å². The van der Waals surface area contributed by atoms with E-state index in [0.29, 0.717) is 5.75 Å². The molecule has 0 heterocycles. The average Bonchev–Trinajstić information content (AvgIpc) is 2.24. The number of benzene rings is 1. The van der Waals surface area contributed by atoms with Crippen LogP contribution in [-0.4, -0.2) is 25.1 Å². The van der Waals surface area contributed by atoms with Crippen LogP contribution >= 0.6 is 0 Å². The molecule has 2 N–H and O–H groups in total. The number of halogens is 4. The first kappa shape index (κ1) is 15.4. The van der Waals surface area contributed by atoms with Crippen LogP contribution in [0.2, 0.25) is 0 Å². The van der Waals surface area contributed by atoms with E-state index in [1.165, 1.54) is 18.2 Å². The quantitative estimate of drug-likeness (QED) is 0.642. The standard InChI is InChI=1S/C12H15F4NO2/c1-7(2)19-10-4-8(17)3-9(5-10)18-6-12(15,16)11(13)14/h3-5,7,11H,6,17H2,1-2H3. The molecule has 0 aliphatic carbocycles. The van der Waals surface area contributed by atoms with Gasteiger partial charge < -0.3 is 15.2 Å². The van der Waals surface area contributed by atoms with E-state index >= 15 is 0 Å². The van der Waals surface area contributed by atoms with Crippen LogP contribution in [0.4, 0.5) is 23.2 Å². The number of alkyl halides is 4. The molecule has 108 valence electrons. The predicted octanol–water partition coefficient (Wildman–Crippen LogP) is 3.34. The highest BCUT2D eigenvalue weighted by atomic mass is 19.3. The highest BCUT2D eigenvalue weighted by Gasteiger charge is 2.41. The number of nitrogens with two attached hydrogens (primary N) is 1. The molecule has 0 spiro atoms. The molecule has 0 aromatic heterocycles. The van der Waals surface area contributed by atoms with Crippen molar-refractivity contribution in [3.8, 4) is 11.5 Å². The third-order valence-electron chi connectivity index (χ3n) is 2.02.